The van der Waals surface area contributed by atoms with Crippen LogP contribution in [0.3, 0.4) is 0 Å². The van der Waals surface area contributed by atoms with Gasteiger partial charge in [-0.2, -0.15) is 0 Å². The molecule has 1 aliphatic heterocycles. The second-order valence-corrected chi connectivity index (χ2v) is 13.7. The Labute approximate surface area is 195 Å². The van der Waals surface area contributed by atoms with Gasteiger partial charge in [-0.05, 0) is 75.5 Å². The number of aliphatic hydroxyl groups is 1. The minimum absolute atomic E-state index is 0.0429. The summed E-state index contributed by atoms with van der Waals surface area (Å²) in [6, 6.07) is 0.173. The van der Waals surface area contributed by atoms with E-state index in [9.17, 15) is 18.3 Å². The number of hydrogen-bond acceptors (Lipinski definition) is 7. The molecule has 5 atom stereocenters. The molecule has 3 N–H and O–H groups in total. The fraction of sp³-hybridized carbons (Fsp3) is 0.792. The van der Waals surface area contributed by atoms with Crippen LogP contribution in [-0.2, 0) is 9.84 Å². The molecule has 7 rings (SSSR count). The minimum atomic E-state index is -2.92. The molecule has 6 fully saturated rings. The maximum absolute atomic E-state index is 13.4. The third-order valence-corrected chi connectivity index (χ3v) is 10.7. The van der Waals surface area contributed by atoms with Crippen molar-refractivity contribution in [2.75, 3.05) is 16.8 Å². The highest BCUT2D eigenvalue weighted by atomic mass is 32.2. The van der Waals surface area contributed by atoms with Gasteiger partial charge in [-0.1, -0.05) is 6.42 Å². The number of anilines is 1. The van der Waals surface area contributed by atoms with Crippen molar-refractivity contribution >= 4 is 21.7 Å². The van der Waals surface area contributed by atoms with Crippen LogP contribution in [0.2, 0.25) is 0 Å². The van der Waals surface area contributed by atoms with E-state index in [0.717, 1.165) is 57.1 Å². The number of sulfone groups is 1. The fourth-order valence-corrected chi connectivity index (χ4v) is 8.79. The second-order valence-electron chi connectivity index (χ2n) is 11.4. The predicted octanol–water partition coefficient (Wildman–Crippen LogP) is 2.40. The van der Waals surface area contributed by atoms with E-state index in [0.29, 0.717) is 42.1 Å². The lowest BCUT2D eigenvalue weighted by Crippen LogP contribution is -2.61. The molecule has 33 heavy (non-hydrogen) atoms. The van der Waals surface area contributed by atoms with Crippen LogP contribution < -0.4 is 10.6 Å². The molecule has 6 aliphatic rings. The van der Waals surface area contributed by atoms with Gasteiger partial charge in [0.05, 0.1) is 28.4 Å². The topological polar surface area (TPSA) is 121 Å². The van der Waals surface area contributed by atoms with Crippen molar-refractivity contribution in [3.63, 3.8) is 0 Å². The number of amides is 1. The van der Waals surface area contributed by atoms with Crippen LogP contribution in [-0.4, -0.2) is 58.6 Å². The number of aromatic nitrogens is 2. The predicted molar refractivity (Wildman–Crippen MR) is 124 cm³/mol. The van der Waals surface area contributed by atoms with Gasteiger partial charge in [0.25, 0.3) is 5.91 Å². The maximum Gasteiger partial charge on any atom is 0.254 e. The Kier molecular flexibility index (Phi) is 5.21. The Bertz CT molecular complexity index is 1030. The van der Waals surface area contributed by atoms with Crippen LogP contribution in [0, 0.1) is 17.8 Å². The molecule has 3 unspecified atom stereocenters. The van der Waals surface area contributed by atoms with E-state index in [1.165, 1.54) is 0 Å². The molecule has 1 aromatic heterocycles. The quantitative estimate of drug-likeness (QED) is 0.599. The van der Waals surface area contributed by atoms with Crippen molar-refractivity contribution < 1.29 is 18.3 Å². The Balaban J connectivity index is 1.18. The number of hydrogen-bond donors (Lipinski definition) is 3. The first-order valence-electron chi connectivity index (χ1n) is 12.6. The Hall–Kier alpha value is -1.74. The maximum atomic E-state index is 13.4. The van der Waals surface area contributed by atoms with Crippen molar-refractivity contribution in [2.24, 2.45) is 17.8 Å². The van der Waals surface area contributed by atoms with Crippen LogP contribution in [0.1, 0.15) is 86.2 Å². The van der Waals surface area contributed by atoms with E-state index in [1.807, 2.05) is 0 Å². The van der Waals surface area contributed by atoms with Crippen LogP contribution in [0.5, 0.6) is 0 Å². The Morgan fingerprint density at radius 1 is 1.06 bits per heavy atom. The summed E-state index contributed by atoms with van der Waals surface area (Å²) in [7, 11) is -2.92. The fourth-order valence-electron chi connectivity index (χ4n) is 7.30. The van der Waals surface area contributed by atoms with Gasteiger partial charge in [0, 0.05) is 24.2 Å². The van der Waals surface area contributed by atoms with E-state index < -0.39 is 15.4 Å². The summed E-state index contributed by atoms with van der Waals surface area (Å²) in [6.07, 6.45) is 10.7. The monoisotopic (exact) mass is 474 g/mol. The summed E-state index contributed by atoms with van der Waals surface area (Å²) in [5.41, 5.74) is 0.884. The molecule has 4 bridgehead atoms. The molecule has 1 amide bonds. The molecule has 180 valence electrons. The summed E-state index contributed by atoms with van der Waals surface area (Å²) in [6.45, 7) is 0. The third-order valence-electron chi connectivity index (χ3n) is 8.98. The van der Waals surface area contributed by atoms with Gasteiger partial charge in [0.2, 0.25) is 5.95 Å². The first-order chi connectivity index (χ1) is 15.8. The van der Waals surface area contributed by atoms with Crippen molar-refractivity contribution in [1.82, 2.24) is 15.3 Å². The highest BCUT2D eigenvalue weighted by Gasteiger charge is 2.55. The Morgan fingerprint density at radius 2 is 1.76 bits per heavy atom. The zero-order chi connectivity index (χ0) is 22.8. The molecular formula is C24H34N4O4S. The average molecular weight is 475 g/mol. The molecule has 1 aromatic rings. The van der Waals surface area contributed by atoms with Gasteiger partial charge in [-0.25, -0.2) is 18.4 Å². The smallest absolute Gasteiger partial charge is 0.254 e. The number of nitrogens with one attached hydrogen (secondary N) is 2. The molecule has 2 heterocycles. The summed E-state index contributed by atoms with van der Waals surface area (Å²) in [5.74, 6) is 2.41. The summed E-state index contributed by atoms with van der Waals surface area (Å²) in [4.78, 5) is 22.6. The molecule has 5 saturated carbocycles. The lowest BCUT2D eigenvalue weighted by Gasteiger charge is -2.58. The van der Waals surface area contributed by atoms with Crippen molar-refractivity contribution in [3.05, 3.63) is 17.5 Å². The molecular weight excluding hydrogens is 440 g/mol. The zero-order valence-corrected chi connectivity index (χ0v) is 19.8. The molecule has 0 spiro atoms. The normalized spacial score (nSPS) is 37.5. The van der Waals surface area contributed by atoms with E-state index in [-0.39, 0.29) is 35.4 Å². The van der Waals surface area contributed by atoms with Gasteiger partial charge in [-0.3, -0.25) is 4.79 Å². The SMILES string of the molecule is O=C(NC1[C@@H]2CC3C[C@H]1CC(O)(C3)C2)c1cnc(NC2CCS(=O)(=O)CC2)nc1C1CCC1. The van der Waals surface area contributed by atoms with Gasteiger partial charge in [0.1, 0.15) is 9.84 Å². The third kappa shape index (κ3) is 4.16. The summed E-state index contributed by atoms with van der Waals surface area (Å²) >= 11 is 0. The standard InChI is InChI=1S/C24H34N4O4S/c29-22(27-20-16-8-14-9-17(20)12-24(30,10-14)11-16)19-13-25-23(28-21(19)15-2-1-3-15)26-18-4-6-33(31,32)7-5-18/h13-18,20,30H,1-12H2,(H,27,29)(H,25,26,28)/t14?,16-,17+,20?,24?. The van der Waals surface area contributed by atoms with Gasteiger partial charge < -0.3 is 15.7 Å². The zero-order valence-electron chi connectivity index (χ0n) is 19.0. The number of carbonyl (C=O) groups excluding carboxylic acids is 1. The van der Waals surface area contributed by atoms with E-state index >= 15 is 0 Å². The molecule has 0 aromatic carbocycles. The van der Waals surface area contributed by atoms with Crippen molar-refractivity contribution in [2.45, 2.75) is 87.8 Å². The second kappa shape index (κ2) is 7.90. The van der Waals surface area contributed by atoms with Crippen LogP contribution >= 0.6 is 0 Å². The van der Waals surface area contributed by atoms with Crippen LogP contribution in [0.15, 0.2) is 6.20 Å². The van der Waals surface area contributed by atoms with Crippen molar-refractivity contribution in [1.29, 1.82) is 0 Å². The Morgan fingerprint density at radius 3 is 2.36 bits per heavy atom. The van der Waals surface area contributed by atoms with E-state index in [1.54, 1.807) is 6.20 Å². The number of rotatable bonds is 5. The number of nitrogens with zero attached hydrogens (tertiary/aromatic N) is 2. The highest BCUT2D eigenvalue weighted by Crippen LogP contribution is 2.55. The summed E-state index contributed by atoms with van der Waals surface area (Å²) in [5, 5.41) is 17.5. The molecule has 5 aliphatic carbocycles. The molecule has 8 nitrogen and oxygen atoms in total. The van der Waals surface area contributed by atoms with Gasteiger partial charge >= 0.3 is 0 Å². The lowest BCUT2D eigenvalue weighted by molar-refractivity contribution is -0.136. The highest BCUT2D eigenvalue weighted by molar-refractivity contribution is 7.91. The minimum Gasteiger partial charge on any atom is -0.390 e. The molecule has 9 heteroatoms. The lowest BCUT2D eigenvalue weighted by atomic mass is 9.52. The van der Waals surface area contributed by atoms with Gasteiger partial charge in [-0.15, -0.1) is 0 Å². The van der Waals surface area contributed by atoms with Crippen LogP contribution in [0.25, 0.3) is 0 Å². The molecule has 0 radical (unpaired) electrons. The van der Waals surface area contributed by atoms with Gasteiger partial charge in [0.15, 0.2) is 0 Å². The largest absolute Gasteiger partial charge is 0.390 e. The van der Waals surface area contributed by atoms with Crippen molar-refractivity contribution in [3.8, 4) is 0 Å². The van der Waals surface area contributed by atoms with Crippen LogP contribution in [0.4, 0.5) is 5.95 Å². The summed E-state index contributed by atoms with van der Waals surface area (Å²) < 4.78 is 23.4. The van der Waals surface area contributed by atoms with E-state index in [2.05, 4.69) is 15.6 Å². The average Bonchev–Trinajstić information content (AvgIpc) is 2.70. The first-order valence-corrected chi connectivity index (χ1v) is 14.5. The first kappa shape index (κ1) is 21.8. The van der Waals surface area contributed by atoms with E-state index in [4.69, 9.17) is 4.98 Å². The number of carbonyl (C=O) groups is 1. The molecule has 1 saturated heterocycles.